The van der Waals surface area contributed by atoms with Gasteiger partial charge in [-0.25, -0.2) is 0 Å². The summed E-state index contributed by atoms with van der Waals surface area (Å²) in [6, 6.07) is 0.316. The Kier molecular flexibility index (Phi) is 4.51. The van der Waals surface area contributed by atoms with Gasteiger partial charge in [-0.3, -0.25) is 9.59 Å². The first-order chi connectivity index (χ1) is 13.6. The van der Waals surface area contributed by atoms with E-state index in [1.165, 1.54) is 13.3 Å². The van der Waals surface area contributed by atoms with Gasteiger partial charge in [0.2, 0.25) is 17.7 Å². The molecule has 0 spiro atoms. The summed E-state index contributed by atoms with van der Waals surface area (Å²) in [4.78, 5) is 33.3. The molecule has 3 aliphatic heterocycles. The van der Waals surface area contributed by atoms with Crippen molar-refractivity contribution in [3.63, 3.8) is 0 Å². The lowest BCUT2D eigenvalue weighted by Crippen LogP contribution is -2.67. The highest BCUT2D eigenvalue weighted by molar-refractivity contribution is 5.78. The van der Waals surface area contributed by atoms with Crippen LogP contribution >= 0.6 is 0 Å². The molecule has 4 aliphatic rings. The Labute approximate surface area is 165 Å². The summed E-state index contributed by atoms with van der Waals surface area (Å²) in [6.45, 7) is 3.75. The van der Waals surface area contributed by atoms with Crippen LogP contribution in [0.1, 0.15) is 63.7 Å². The number of anilines is 1. The van der Waals surface area contributed by atoms with Crippen LogP contribution in [0.3, 0.4) is 0 Å². The number of amides is 2. The number of aromatic nitrogens is 2. The Morgan fingerprint density at radius 1 is 1.21 bits per heavy atom. The van der Waals surface area contributed by atoms with Crippen LogP contribution in [0.5, 0.6) is 0 Å². The normalized spacial score (nSPS) is 32.7. The van der Waals surface area contributed by atoms with Gasteiger partial charge in [0.25, 0.3) is 5.95 Å². The minimum absolute atomic E-state index is 0.0425. The fourth-order valence-corrected chi connectivity index (χ4v) is 5.63. The van der Waals surface area contributed by atoms with Crippen LogP contribution in [0.15, 0.2) is 4.52 Å². The van der Waals surface area contributed by atoms with Crippen LogP contribution in [0.4, 0.5) is 5.95 Å². The fourth-order valence-electron chi connectivity index (χ4n) is 5.63. The second-order valence-electron chi connectivity index (χ2n) is 8.99. The number of hydrogen-bond acceptors (Lipinski definition) is 6. The molecule has 1 aliphatic carbocycles. The molecular weight excluding hydrogens is 358 g/mol. The Morgan fingerprint density at radius 2 is 2.04 bits per heavy atom. The quantitative estimate of drug-likeness (QED) is 0.845. The van der Waals surface area contributed by atoms with Crippen molar-refractivity contribution in [2.24, 2.45) is 11.8 Å². The Bertz CT molecular complexity index is 761. The first kappa shape index (κ1) is 17.9. The third kappa shape index (κ3) is 3.06. The van der Waals surface area contributed by atoms with E-state index in [0.29, 0.717) is 36.7 Å². The number of hydrogen-bond donors (Lipinski definition) is 1. The maximum absolute atomic E-state index is 12.7. The molecule has 8 nitrogen and oxygen atoms in total. The molecule has 4 atom stereocenters. The van der Waals surface area contributed by atoms with Crippen molar-refractivity contribution in [3.05, 3.63) is 5.89 Å². The number of nitrogens with one attached hydrogen (secondary N) is 1. The zero-order chi connectivity index (χ0) is 19.3. The van der Waals surface area contributed by atoms with Crippen LogP contribution in [0.25, 0.3) is 0 Å². The van der Waals surface area contributed by atoms with Gasteiger partial charge in [0.15, 0.2) is 0 Å². The smallest absolute Gasteiger partial charge is 0.266 e. The van der Waals surface area contributed by atoms with Crippen LogP contribution in [0.2, 0.25) is 0 Å². The van der Waals surface area contributed by atoms with Gasteiger partial charge in [-0.05, 0) is 49.1 Å². The summed E-state index contributed by atoms with van der Waals surface area (Å²) in [5.41, 5.74) is 0. The number of piperidine rings is 3. The second kappa shape index (κ2) is 7.04. The van der Waals surface area contributed by atoms with Gasteiger partial charge in [0.05, 0.1) is 6.04 Å². The van der Waals surface area contributed by atoms with E-state index >= 15 is 0 Å². The zero-order valence-electron chi connectivity index (χ0n) is 16.5. The number of nitrogens with zero attached hydrogens (tertiary/aromatic N) is 4. The van der Waals surface area contributed by atoms with Gasteiger partial charge in [-0.2, -0.15) is 4.98 Å². The van der Waals surface area contributed by atoms with Gasteiger partial charge in [-0.15, -0.1) is 0 Å². The average Bonchev–Trinajstić information content (AvgIpc) is 3.10. The van der Waals surface area contributed by atoms with E-state index in [0.717, 1.165) is 51.1 Å². The predicted octanol–water partition coefficient (Wildman–Crippen LogP) is 1.68. The van der Waals surface area contributed by atoms with E-state index in [1.807, 2.05) is 0 Å². The lowest BCUT2D eigenvalue weighted by molar-refractivity contribution is -0.149. The molecule has 2 bridgehead atoms. The molecule has 1 aromatic heterocycles. The number of rotatable bonds is 4. The van der Waals surface area contributed by atoms with Crippen molar-refractivity contribution in [3.8, 4) is 0 Å². The highest BCUT2D eigenvalue weighted by Crippen LogP contribution is 2.42. The van der Waals surface area contributed by atoms with E-state index in [-0.39, 0.29) is 23.9 Å². The third-order valence-electron chi connectivity index (χ3n) is 7.23. The molecule has 1 N–H and O–H groups in total. The summed E-state index contributed by atoms with van der Waals surface area (Å²) in [6.07, 6.45) is 7.27. The molecule has 1 aromatic rings. The van der Waals surface area contributed by atoms with Gasteiger partial charge >= 0.3 is 0 Å². The van der Waals surface area contributed by atoms with Crippen molar-refractivity contribution in [1.29, 1.82) is 0 Å². The largest absolute Gasteiger partial charge is 0.354 e. The summed E-state index contributed by atoms with van der Waals surface area (Å²) in [7, 11) is 0. The zero-order valence-corrected chi connectivity index (χ0v) is 16.5. The molecule has 1 saturated carbocycles. The van der Waals surface area contributed by atoms with Crippen LogP contribution in [-0.4, -0.2) is 58.6 Å². The molecule has 2 amide bonds. The van der Waals surface area contributed by atoms with Crippen molar-refractivity contribution in [1.82, 2.24) is 20.4 Å². The Balaban J connectivity index is 1.38. The average molecular weight is 387 g/mol. The van der Waals surface area contributed by atoms with Gasteiger partial charge in [-0.1, -0.05) is 6.42 Å². The number of carbonyl (C=O) groups excluding carboxylic acids is 2. The third-order valence-corrected chi connectivity index (χ3v) is 7.23. The monoisotopic (exact) mass is 387 g/mol. The molecule has 4 fully saturated rings. The molecule has 3 saturated heterocycles. The van der Waals surface area contributed by atoms with Crippen molar-refractivity contribution in [2.45, 2.75) is 69.9 Å². The minimum Gasteiger partial charge on any atom is -0.354 e. The Hall–Kier alpha value is -2.12. The molecular formula is C20H29N5O3. The Morgan fingerprint density at radius 3 is 2.79 bits per heavy atom. The number of fused-ring (bicyclic) bond motifs is 4. The fraction of sp³-hybridized carbons (Fsp3) is 0.800. The van der Waals surface area contributed by atoms with E-state index < -0.39 is 0 Å². The summed E-state index contributed by atoms with van der Waals surface area (Å²) in [5, 5.41) is 7.24. The lowest BCUT2D eigenvalue weighted by Gasteiger charge is -2.56. The second-order valence-corrected chi connectivity index (χ2v) is 8.99. The van der Waals surface area contributed by atoms with Crippen molar-refractivity contribution in [2.75, 3.05) is 24.5 Å². The molecule has 152 valence electrons. The maximum atomic E-state index is 12.7. The molecule has 0 unspecified atom stereocenters. The first-order valence-electron chi connectivity index (χ1n) is 10.7. The minimum atomic E-state index is -0.0425. The van der Waals surface area contributed by atoms with Crippen molar-refractivity contribution >= 4 is 17.8 Å². The molecule has 5 rings (SSSR count). The highest BCUT2D eigenvalue weighted by atomic mass is 16.5. The summed E-state index contributed by atoms with van der Waals surface area (Å²) < 4.78 is 5.55. The first-order valence-corrected chi connectivity index (χ1v) is 10.7. The molecule has 0 radical (unpaired) electrons. The predicted molar refractivity (Wildman–Crippen MR) is 102 cm³/mol. The van der Waals surface area contributed by atoms with Gasteiger partial charge in [0, 0.05) is 44.9 Å². The molecule has 0 aromatic carbocycles. The van der Waals surface area contributed by atoms with Crippen LogP contribution in [0, 0.1) is 11.8 Å². The van der Waals surface area contributed by atoms with Gasteiger partial charge < -0.3 is 19.6 Å². The molecule has 8 heteroatoms. The lowest BCUT2D eigenvalue weighted by atomic mass is 9.72. The topological polar surface area (TPSA) is 91.6 Å². The standard InChI is InChI=1S/C20H29N5O3/c1-12(26)21-9-17-15-8-14(16-6-3-7-18(27)25(16)17)10-24(11-15)20-22-19(28-23-20)13-4-2-5-13/h13-17H,2-11H2,1H3,(H,21,26)/t14-,15+,16+,17+/m1/s1. The summed E-state index contributed by atoms with van der Waals surface area (Å²) in [5.74, 6) is 2.87. The maximum Gasteiger partial charge on any atom is 0.266 e. The number of carbonyl (C=O) groups is 2. The molecule has 4 heterocycles. The SMILES string of the molecule is CC(=O)NC[C@H]1[C@H]2C[C@H](CN(c3noc(C4CCC4)n3)C2)[C@@H]2CCCC(=O)N21. The van der Waals surface area contributed by atoms with E-state index in [1.54, 1.807) is 0 Å². The summed E-state index contributed by atoms with van der Waals surface area (Å²) >= 11 is 0. The van der Waals surface area contributed by atoms with E-state index in [9.17, 15) is 9.59 Å². The molecule has 28 heavy (non-hydrogen) atoms. The highest BCUT2D eigenvalue weighted by Gasteiger charge is 2.49. The van der Waals surface area contributed by atoms with Crippen LogP contribution < -0.4 is 10.2 Å². The van der Waals surface area contributed by atoms with E-state index in [4.69, 9.17) is 9.51 Å². The van der Waals surface area contributed by atoms with Gasteiger partial charge in [0.1, 0.15) is 0 Å². The van der Waals surface area contributed by atoms with Crippen LogP contribution in [-0.2, 0) is 9.59 Å². The van der Waals surface area contributed by atoms with E-state index in [2.05, 4.69) is 20.3 Å². The van der Waals surface area contributed by atoms with Crippen molar-refractivity contribution < 1.29 is 14.1 Å².